The minimum atomic E-state index is -0.587. The van der Waals surface area contributed by atoms with Crippen molar-refractivity contribution < 1.29 is 23.5 Å². The first-order valence-electron chi connectivity index (χ1n) is 12.8. The van der Waals surface area contributed by atoms with Crippen molar-refractivity contribution in [2.75, 3.05) is 11.9 Å². The number of benzene rings is 1. The van der Waals surface area contributed by atoms with Crippen LogP contribution in [0.15, 0.2) is 71.6 Å². The second kappa shape index (κ2) is 13.9. The second-order valence-corrected chi connectivity index (χ2v) is 10.7. The third-order valence-corrected chi connectivity index (χ3v) is 6.69. The highest BCUT2D eigenvalue weighted by Gasteiger charge is 2.43. The van der Waals surface area contributed by atoms with E-state index in [2.05, 4.69) is 32.2 Å². The van der Waals surface area contributed by atoms with Gasteiger partial charge < -0.3 is 14.8 Å². The van der Waals surface area contributed by atoms with Gasteiger partial charge in [0.25, 0.3) is 0 Å². The zero-order valence-electron chi connectivity index (χ0n) is 22.9. The summed E-state index contributed by atoms with van der Waals surface area (Å²) in [6.07, 6.45) is 11.1. The Morgan fingerprint density at radius 3 is 2.38 bits per heavy atom. The monoisotopic (exact) mass is 509 g/mol. The lowest BCUT2D eigenvalue weighted by Gasteiger charge is -2.38. The fourth-order valence-corrected chi connectivity index (χ4v) is 4.72. The van der Waals surface area contributed by atoms with Crippen LogP contribution >= 0.6 is 0 Å². The number of carbonyl (C=O) groups is 3. The van der Waals surface area contributed by atoms with Gasteiger partial charge in [-0.25, -0.2) is 9.18 Å². The number of ketones is 2. The summed E-state index contributed by atoms with van der Waals surface area (Å²) in [6.45, 7) is 11.6. The third-order valence-electron chi connectivity index (χ3n) is 6.69. The molecule has 1 aromatic rings. The van der Waals surface area contributed by atoms with E-state index in [9.17, 15) is 18.8 Å². The number of nitrogens with one attached hydrogen (secondary N) is 1. The molecular weight excluding hydrogens is 469 g/mol. The summed E-state index contributed by atoms with van der Waals surface area (Å²) in [4.78, 5) is 38.2. The minimum Gasteiger partial charge on any atom is -0.432 e. The van der Waals surface area contributed by atoms with Gasteiger partial charge in [0.05, 0.1) is 6.26 Å². The average molecular weight is 510 g/mol. The topological polar surface area (TPSA) is 72.5 Å². The molecule has 0 amide bonds. The quantitative estimate of drug-likeness (QED) is 0.149. The largest absolute Gasteiger partial charge is 0.432 e. The first-order chi connectivity index (χ1) is 17.4. The number of ether oxygens (including phenoxy) is 1. The summed E-state index contributed by atoms with van der Waals surface area (Å²) >= 11 is 0. The number of Topliss-reactive ketones (excluding diaryl/α,β-unsaturated/α-hetero) is 2. The first kappa shape index (κ1) is 29.9. The molecule has 0 bridgehead atoms. The summed E-state index contributed by atoms with van der Waals surface area (Å²) in [5.74, 6) is -1.87. The lowest BCUT2D eigenvalue weighted by atomic mass is 9.65. The average Bonchev–Trinajstić information content (AvgIpc) is 2.88. The van der Waals surface area contributed by atoms with Gasteiger partial charge in [-0.1, -0.05) is 30.2 Å². The third kappa shape index (κ3) is 9.60. The van der Waals surface area contributed by atoms with Gasteiger partial charge in [-0.2, -0.15) is 0 Å². The van der Waals surface area contributed by atoms with Gasteiger partial charge in [0.1, 0.15) is 11.6 Å². The predicted molar refractivity (Wildman–Crippen MR) is 146 cm³/mol. The maximum absolute atomic E-state index is 13.8. The van der Waals surface area contributed by atoms with E-state index in [0.29, 0.717) is 17.7 Å². The fourth-order valence-electron chi connectivity index (χ4n) is 4.72. The molecule has 0 spiro atoms. The molecule has 1 aromatic carbocycles. The highest BCUT2D eigenvalue weighted by atomic mass is 19.1. The summed E-state index contributed by atoms with van der Waals surface area (Å²) in [5.41, 5.74) is 3.00. The van der Waals surface area contributed by atoms with Crippen LogP contribution < -0.4 is 5.32 Å². The summed E-state index contributed by atoms with van der Waals surface area (Å²) in [7, 11) is 0. The second-order valence-electron chi connectivity index (χ2n) is 10.7. The van der Waals surface area contributed by atoms with Crippen molar-refractivity contribution in [1.82, 2.24) is 0 Å². The van der Waals surface area contributed by atoms with E-state index in [4.69, 9.17) is 4.74 Å². The standard InChI is InChI=1S/C31H40FNO4/c1-21(2)8-7-15-31(6)16-13-24(20-33-26-11-9-25(32)10-12-26)30(36)27(19-23(5)34)28(31)14-17-37-29(35)18-22(3)4/h8-14,17-18,27-28,33H,7,15-16,19-20H2,1-6H3/b17-14+/t27-,28-,31-/m0/s1. The normalized spacial score (nSPS) is 21.6. The lowest BCUT2D eigenvalue weighted by Crippen LogP contribution is -2.36. The SMILES string of the molecule is CC(=O)C[C@@H]1C(=O)C(CNc2ccc(F)cc2)=CC[C@](C)(CCC=C(C)C)[C@H]1/C=C/OC(=O)C=C(C)C. The van der Waals surface area contributed by atoms with E-state index in [1.165, 1.54) is 37.0 Å². The highest BCUT2D eigenvalue weighted by molar-refractivity contribution is 6.00. The molecule has 200 valence electrons. The molecule has 3 atom stereocenters. The van der Waals surface area contributed by atoms with Gasteiger partial charge in [0.15, 0.2) is 5.78 Å². The van der Waals surface area contributed by atoms with Crippen molar-refractivity contribution in [3.8, 4) is 0 Å². The van der Waals surface area contributed by atoms with Crippen LogP contribution in [0.25, 0.3) is 0 Å². The molecule has 0 saturated heterocycles. The lowest BCUT2D eigenvalue weighted by molar-refractivity contribution is -0.132. The van der Waals surface area contributed by atoms with Gasteiger partial charge in [-0.3, -0.25) is 4.79 Å². The van der Waals surface area contributed by atoms with Gasteiger partial charge in [-0.15, -0.1) is 0 Å². The van der Waals surface area contributed by atoms with Crippen LogP contribution in [-0.4, -0.2) is 24.1 Å². The number of halogens is 1. The molecule has 37 heavy (non-hydrogen) atoms. The highest BCUT2D eigenvalue weighted by Crippen LogP contribution is 2.46. The van der Waals surface area contributed by atoms with Crippen LogP contribution in [-0.2, 0) is 19.1 Å². The van der Waals surface area contributed by atoms with Crippen LogP contribution in [0.3, 0.4) is 0 Å². The van der Waals surface area contributed by atoms with Gasteiger partial charge in [0, 0.05) is 36.2 Å². The molecule has 0 fully saturated rings. The van der Waals surface area contributed by atoms with E-state index in [0.717, 1.165) is 18.4 Å². The van der Waals surface area contributed by atoms with Crippen molar-refractivity contribution in [2.24, 2.45) is 17.3 Å². The number of rotatable bonds is 11. The summed E-state index contributed by atoms with van der Waals surface area (Å²) in [5, 5.41) is 3.21. The van der Waals surface area contributed by atoms with Gasteiger partial charge >= 0.3 is 5.97 Å². The summed E-state index contributed by atoms with van der Waals surface area (Å²) < 4.78 is 18.6. The molecule has 0 aromatic heterocycles. The Balaban J connectivity index is 2.41. The Labute approximate surface area is 220 Å². The molecule has 0 unspecified atom stereocenters. The van der Waals surface area contributed by atoms with Crippen molar-refractivity contribution in [2.45, 2.75) is 67.2 Å². The number of carbonyl (C=O) groups excluding carboxylic acids is 3. The molecule has 0 aliphatic heterocycles. The number of anilines is 1. The van der Waals surface area contributed by atoms with Crippen LogP contribution in [0.1, 0.15) is 67.2 Å². The number of hydrogen-bond donors (Lipinski definition) is 1. The van der Waals surface area contributed by atoms with Gasteiger partial charge in [0.2, 0.25) is 0 Å². The number of esters is 1. The van der Waals surface area contributed by atoms with E-state index in [-0.39, 0.29) is 41.7 Å². The zero-order chi connectivity index (χ0) is 27.6. The Kier molecular flexibility index (Phi) is 11.2. The minimum absolute atomic E-state index is 0.0716. The Bertz CT molecular complexity index is 1090. The van der Waals surface area contributed by atoms with E-state index in [1.807, 2.05) is 19.9 Å². The van der Waals surface area contributed by atoms with Crippen LogP contribution in [0.5, 0.6) is 0 Å². The maximum atomic E-state index is 13.8. The van der Waals surface area contributed by atoms with Crippen LogP contribution in [0.2, 0.25) is 0 Å². The van der Waals surface area contributed by atoms with Crippen molar-refractivity contribution in [3.05, 3.63) is 77.4 Å². The van der Waals surface area contributed by atoms with E-state index >= 15 is 0 Å². The molecule has 0 radical (unpaired) electrons. The maximum Gasteiger partial charge on any atom is 0.335 e. The molecule has 1 aliphatic rings. The number of hydrogen-bond acceptors (Lipinski definition) is 5. The first-order valence-corrected chi connectivity index (χ1v) is 12.8. The molecule has 2 rings (SSSR count). The van der Waals surface area contributed by atoms with E-state index < -0.39 is 11.9 Å². The van der Waals surface area contributed by atoms with Crippen molar-refractivity contribution in [1.29, 1.82) is 0 Å². The number of allylic oxidation sites excluding steroid dienone is 5. The molecular formula is C31H40FNO4. The van der Waals surface area contributed by atoms with Crippen molar-refractivity contribution >= 4 is 23.2 Å². The molecule has 0 saturated carbocycles. The molecule has 6 heteroatoms. The van der Waals surface area contributed by atoms with Crippen LogP contribution in [0, 0.1) is 23.1 Å². The Morgan fingerprint density at radius 2 is 1.78 bits per heavy atom. The summed E-state index contributed by atoms with van der Waals surface area (Å²) in [6, 6.07) is 5.98. The Morgan fingerprint density at radius 1 is 1.11 bits per heavy atom. The Hall–Kier alpha value is -3.28. The molecule has 1 N–H and O–H groups in total. The molecule has 5 nitrogen and oxygen atoms in total. The van der Waals surface area contributed by atoms with Crippen LogP contribution in [0.4, 0.5) is 10.1 Å². The molecule has 0 heterocycles. The predicted octanol–water partition coefficient (Wildman–Crippen LogP) is 7.12. The zero-order valence-corrected chi connectivity index (χ0v) is 22.9. The van der Waals surface area contributed by atoms with Crippen molar-refractivity contribution in [3.63, 3.8) is 0 Å². The molecule has 1 aliphatic carbocycles. The van der Waals surface area contributed by atoms with Gasteiger partial charge in [-0.05, 0) is 95.6 Å². The van der Waals surface area contributed by atoms with E-state index in [1.54, 1.807) is 18.2 Å². The smallest absolute Gasteiger partial charge is 0.335 e. The fraction of sp³-hybridized carbons (Fsp3) is 0.452.